The molecule has 0 radical (unpaired) electrons. The molecular formula is C22H31N. The normalized spacial score (nSPS) is 12.1. The Labute approximate surface area is 142 Å². The van der Waals surface area contributed by atoms with Crippen molar-refractivity contribution in [1.29, 1.82) is 0 Å². The van der Waals surface area contributed by atoms with Crippen molar-refractivity contribution in [2.24, 2.45) is 5.92 Å². The monoisotopic (exact) mass is 309 g/mol. The molecule has 0 amide bonds. The molecule has 124 valence electrons. The maximum atomic E-state index is 3.61. The van der Waals surface area contributed by atoms with Crippen molar-refractivity contribution in [3.8, 4) is 0 Å². The molecule has 0 aliphatic heterocycles. The Morgan fingerprint density at radius 1 is 0.870 bits per heavy atom. The third kappa shape index (κ3) is 6.48. The average Bonchev–Trinajstić information content (AvgIpc) is 2.59. The lowest BCUT2D eigenvalue weighted by molar-refractivity contribution is 0.487. The molecule has 0 unspecified atom stereocenters. The van der Waals surface area contributed by atoms with E-state index in [2.05, 4.69) is 73.8 Å². The predicted molar refractivity (Wildman–Crippen MR) is 102 cm³/mol. The standard InChI is InChI=1S/C22H31N/c1-3-4-5-7-12-19(2)17-21-15-10-11-16-22(21)23-18-20-13-8-6-9-14-20/h6,8-11,13-16,19,23H,3-5,7,12,17-18H2,1-2H3/t19-/m0/s1. The number of para-hydroxylation sites is 1. The van der Waals surface area contributed by atoms with Crippen molar-refractivity contribution in [3.63, 3.8) is 0 Å². The Bertz CT molecular complexity index is 547. The molecule has 1 atom stereocenters. The molecular weight excluding hydrogens is 278 g/mol. The average molecular weight is 309 g/mol. The van der Waals surface area contributed by atoms with Gasteiger partial charge in [0.1, 0.15) is 0 Å². The van der Waals surface area contributed by atoms with Gasteiger partial charge in [-0.25, -0.2) is 0 Å². The first-order valence-electron chi connectivity index (χ1n) is 9.15. The highest BCUT2D eigenvalue weighted by molar-refractivity contribution is 5.51. The molecule has 0 fully saturated rings. The van der Waals surface area contributed by atoms with Crippen LogP contribution in [0.25, 0.3) is 0 Å². The van der Waals surface area contributed by atoms with E-state index >= 15 is 0 Å². The summed E-state index contributed by atoms with van der Waals surface area (Å²) in [5.41, 5.74) is 4.07. The van der Waals surface area contributed by atoms with Crippen molar-refractivity contribution < 1.29 is 0 Å². The zero-order valence-corrected chi connectivity index (χ0v) is 14.7. The van der Waals surface area contributed by atoms with E-state index in [0.717, 1.165) is 12.5 Å². The van der Waals surface area contributed by atoms with E-state index in [1.54, 1.807) is 0 Å². The molecule has 0 heterocycles. The SMILES string of the molecule is CCCCCC[C@H](C)Cc1ccccc1NCc1ccccc1. The van der Waals surface area contributed by atoms with Crippen LogP contribution < -0.4 is 5.32 Å². The molecule has 1 heteroatoms. The summed E-state index contributed by atoms with van der Waals surface area (Å²) in [5, 5.41) is 3.61. The fraction of sp³-hybridized carbons (Fsp3) is 0.455. The Kier molecular flexibility index (Phi) is 7.72. The minimum atomic E-state index is 0.756. The van der Waals surface area contributed by atoms with Crippen LogP contribution in [0, 0.1) is 5.92 Å². The quantitative estimate of drug-likeness (QED) is 0.497. The van der Waals surface area contributed by atoms with Crippen LogP contribution in [0.4, 0.5) is 5.69 Å². The van der Waals surface area contributed by atoms with Gasteiger partial charge in [-0.05, 0) is 29.5 Å². The topological polar surface area (TPSA) is 12.0 Å². The van der Waals surface area contributed by atoms with Crippen LogP contribution in [0.2, 0.25) is 0 Å². The molecule has 23 heavy (non-hydrogen) atoms. The summed E-state index contributed by atoms with van der Waals surface area (Å²) in [6.45, 7) is 5.56. The number of hydrogen-bond acceptors (Lipinski definition) is 1. The summed E-state index contributed by atoms with van der Waals surface area (Å²) >= 11 is 0. The van der Waals surface area contributed by atoms with E-state index in [9.17, 15) is 0 Å². The predicted octanol–water partition coefficient (Wildman–Crippen LogP) is 6.45. The third-order valence-corrected chi connectivity index (χ3v) is 4.46. The van der Waals surface area contributed by atoms with Crippen molar-refractivity contribution >= 4 is 5.69 Å². The van der Waals surface area contributed by atoms with E-state index in [4.69, 9.17) is 0 Å². The summed E-state index contributed by atoms with van der Waals surface area (Å²) < 4.78 is 0. The zero-order valence-electron chi connectivity index (χ0n) is 14.7. The maximum absolute atomic E-state index is 3.61. The largest absolute Gasteiger partial charge is 0.381 e. The fourth-order valence-electron chi connectivity index (χ4n) is 3.06. The van der Waals surface area contributed by atoms with Crippen molar-refractivity contribution in [1.82, 2.24) is 0 Å². The molecule has 0 saturated heterocycles. The second-order valence-electron chi connectivity index (χ2n) is 6.65. The van der Waals surface area contributed by atoms with Gasteiger partial charge in [0.25, 0.3) is 0 Å². The summed E-state index contributed by atoms with van der Waals surface area (Å²) in [5.74, 6) is 0.756. The Morgan fingerprint density at radius 3 is 2.39 bits per heavy atom. The number of anilines is 1. The van der Waals surface area contributed by atoms with Gasteiger partial charge >= 0.3 is 0 Å². The van der Waals surface area contributed by atoms with Crippen LogP contribution >= 0.6 is 0 Å². The van der Waals surface area contributed by atoms with Crippen LogP contribution in [0.15, 0.2) is 54.6 Å². The highest BCUT2D eigenvalue weighted by Gasteiger charge is 2.07. The summed E-state index contributed by atoms with van der Waals surface area (Å²) in [6, 6.07) is 19.4. The van der Waals surface area contributed by atoms with Gasteiger partial charge < -0.3 is 5.32 Å². The number of rotatable bonds is 10. The lowest BCUT2D eigenvalue weighted by Gasteiger charge is -2.16. The molecule has 2 aromatic rings. The van der Waals surface area contributed by atoms with Crippen LogP contribution in [0.5, 0.6) is 0 Å². The van der Waals surface area contributed by atoms with Crippen molar-refractivity contribution in [2.75, 3.05) is 5.32 Å². The van der Waals surface area contributed by atoms with E-state index in [1.165, 1.54) is 55.3 Å². The summed E-state index contributed by atoms with van der Waals surface area (Å²) in [6.07, 6.45) is 7.96. The zero-order chi connectivity index (χ0) is 16.3. The molecule has 0 bridgehead atoms. The molecule has 2 rings (SSSR count). The lowest BCUT2D eigenvalue weighted by atomic mass is 9.94. The van der Waals surface area contributed by atoms with Crippen LogP contribution in [0.3, 0.4) is 0 Å². The van der Waals surface area contributed by atoms with E-state index < -0.39 is 0 Å². The van der Waals surface area contributed by atoms with Crippen molar-refractivity contribution in [2.45, 2.75) is 58.9 Å². The number of nitrogens with one attached hydrogen (secondary N) is 1. The second kappa shape index (κ2) is 10.1. The highest BCUT2D eigenvalue weighted by Crippen LogP contribution is 2.22. The van der Waals surface area contributed by atoms with E-state index in [0.29, 0.717) is 0 Å². The van der Waals surface area contributed by atoms with Gasteiger partial charge in [0.2, 0.25) is 0 Å². The minimum absolute atomic E-state index is 0.756. The van der Waals surface area contributed by atoms with Gasteiger partial charge in [0, 0.05) is 12.2 Å². The van der Waals surface area contributed by atoms with Crippen LogP contribution in [-0.4, -0.2) is 0 Å². The highest BCUT2D eigenvalue weighted by atomic mass is 14.9. The lowest BCUT2D eigenvalue weighted by Crippen LogP contribution is -2.06. The number of benzene rings is 2. The summed E-state index contributed by atoms with van der Waals surface area (Å²) in [4.78, 5) is 0. The molecule has 0 saturated carbocycles. The van der Waals surface area contributed by atoms with Gasteiger partial charge in [-0.2, -0.15) is 0 Å². The second-order valence-corrected chi connectivity index (χ2v) is 6.65. The van der Waals surface area contributed by atoms with Gasteiger partial charge in [-0.1, -0.05) is 94.5 Å². The molecule has 0 aliphatic rings. The van der Waals surface area contributed by atoms with Crippen molar-refractivity contribution in [3.05, 3.63) is 65.7 Å². The first-order chi connectivity index (χ1) is 11.3. The van der Waals surface area contributed by atoms with Gasteiger partial charge in [-0.15, -0.1) is 0 Å². The Hall–Kier alpha value is -1.76. The van der Waals surface area contributed by atoms with E-state index in [1.807, 2.05) is 0 Å². The summed E-state index contributed by atoms with van der Waals surface area (Å²) in [7, 11) is 0. The third-order valence-electron chi connectivity index (χ3n) is 4.46. The van der Waals surface area contributed by atoms with Crippen LogP contribution in [0.1, 0.15) is 57.1 Å². The molecule has 0 aromatic heterocycles. The smallest absolute Gasteiger partial charge is 0.0400 e. The molecule has 0 aliphatic carbocycles. The number of hydrogen-bond donors (Lipinski definition) is 1. The van der Waals surface area contributed by atoms with Crippen LogP contribution in [-0.2, 0) is 13.0 Å². The molecule has 1 nitrogen and oxygen atoms in total. The molecule has 0 spiro atoms. The number of unbranched alkanes of at least 4 members (excludes halogenated alkanes) is 3. The van der Waals surface area contributed by atoms with Gasteiger partial charge in [-0.3, -0.25) is 0 Å². The Balaban J connectivity index is 1.87. The van der Waals surface area contributed by atoms with Gasteiger partial charge in [0.15, 0.2) is 0 Å². The van der Waals surface area contributed by atoms with Gasteiger partial charge in [0.05, 0.1) is 0 Å². The maximum Gasteiger partial charge on any atom is 0.0400 e. The Morgan fingerprint density at radius 2 is 1.61 bits per heavy atom. The first kappa shape index (κ1) is 17.6. The molecule has 2 aromatic carbocycles. The minimum Gasteiger partial charge on any atom is -0.381 e. The molecule has 1 N–H and O–H groups in total. The first-order valence-corrected chi connectivity index (χ1v) is 9.15. The fourth-order valence-corrected chi connectivity index (χ4v) is 3.06. The van der Waals surface area contributed by atoms with E-state index in [-0.39, 0.29) is 0 Å².